The van der Waals surface area contributed by atoms with E-state index in [1.807, 2.05) is 0 Å². The van der Waals surface area contributed by atoms with Crippen molar-refractivity contribution in [3.63, 3.8) is 0 Å². The van der Waals surface area contributed by atoms with Crippen molar-refractivity contribution in [3.05, 3.63) is 0 Å². The Hall–Kier alpha value is -0.0800. The molecule has 1 saturated heterocycles. The maximum Gasteiger partial charge on any atom is 0.0830 e. The van der Waals surface area contributed by atoms with Crippen LogP contribution in [0.1, 0.15) is 26.2 Å². The summed E-state index contributed by atoms with van der Waals surface area (Å²) in [5.41, 5.74) is 0. The van der Waals surface area contributed by atoms with Crippen molar-refractivity contribution in [3.8, 4) is 0 Å². The lowest BCUT2D eigenvalue weighted by Crippen LogP contribution is -2.12. The Labute approximate surface area is 62.5 Å². The number of hydrogen-bond donors (Lipinski definition) is 0. The minimum Gasteiger partial charge on any atom is -0.379 e. The van der Waals surface area contributed by atoms with E-state index in [1.54, 1.807) is 0 Å². The molecule has 0 bridgehead atoms. The van der Waals surface area contributed by atoms with Gasteiger partial charge in [0.15, 0.2) is 0 Å². The molecule has 2 heteroatoms. The first-order valence-electron chi connectivity index (χ1n) is 4.13. The van der Waals surface area contributed by atoms with Crippen LogP contribution in [0.5, 0.6) is 0 Å². The van der Waals surface area contributed by atoms with Crippen LogP contribution >= 0.6 is 0 Å². The van der Waals surface area contributed by atoms with Crippen molar-refractivity contribution in [2.45, 2.75) is 32.3 Å². The molecule has 1 rings (SSSR count). The molecule has 1 atom stereocenters. The van der Waals surface area contributed by atoms with Gasteiger partial charge in [0.25, 0.3) is 0 Å². The number of rotatable bonds is 4. The molecule has 2 nitrogen and oxygen atoms in total. The van der Waals surface area contributed by atoms with E-state index < -0.39 is 0 Å². The molecule has 0 saturated carbocycles. The molecule has 10 heavy (non-hydrogen) atoms. The number of unbranched alkanes of at least 4 members (excludes halogenated alkanes) is 1. The van der Waals surface area contributed by atoms with Gasteiger partial charge in [0.05, 0.1) is 12.7 Å². The third-order valence-electron chi connectivity index (χ3n) is 1.74. The van der Waals surface area contributed by atoms with E-state index >= 15 is 0 Å². The molecule has 0 radical (unpaired) electrons. The van der Waals surface area contributed by atoms with Gasteiger partial charge in [-0.1, -0.05) is 13.3 Å². The highest BCUT2D eigenvalue weighted by Crippen LogP contribution is 2.08. The number of hydrogen-bond acceptors (Lipinski definition) is 2. The molecule has 0 aromatic rings. The lowest BCUT2D eigenvalue weighted by molar-refractivity contribution is 0.0412. The van der Waals surface area contributed by atoms with E-state index in [0.29, 0.717) is 6.10 Å². The SMILES string of the molecule is CCCCOC1CCOC1. The van der Waals surface area contributed by atoms with Gasteiger partial charge in [-0.25, -0.2) is 0 Å². The van der Waals surface area contributed by atoms with Crippen LogP contribution in [0.4, 0.5) is 0 Å². The molecule has 0 N–H and O–H groups in total. The molecule has 1 fully saturated rings. The van der Waals surface area contributed by atoms with Crippen molar-refractivity contribution in [1.82, 2.24) is 0 Å². The monoisotopic (exact) mass is 144 g/mol. The van der Waals surface area contributed by atoms with Gasteiger partial charge < -0.3 is 9.47 Å². The third kappa shape index (κ3) is 2.67. The summed E-state index contributed by atoms with van der Waals surface area (Å²) in [4.78, 5) is 0. The molecule has 0 amide bonds. The normalized spacial score (nSPS) is 25.5. The van der Waals surface area contributed by atoms with E-state index in [4.69, 9.17) is 9.47 Å². The maximum atomic E-state index is 5.52. The van der Waals surface area contributed by atoms with E-state index in [0.717, 1.165) is 26.2 Å². The zero-order chi connectivity index (χ0) is 7.23. The van der Waals surface area contributed by atoms with Crippen LogP contribution in [0.15, 0.2) is 0 Å². The van der Waals surface area contributed by atoms with Gasteiger partial charge in [-0.3, -0.25) is 0 Å². The van der Waals surface area contributed by atoms with Crippen LogP contribution in [0.3, 0.4) is 0 Å². The Morgan fingerprint density at radius 2 is 2.50 bits per heavy atom. The highest BCUT2D eigenvalue weighted by Gasteiger charge is 2.14. The Bertz CT molecular complexity index is 77.3. The first-order valence-corrected chi connectivity index (χ1v) is 4.13. The molecule has 0 aromatic carbocycles. The summed E-state index contributed by atoms with van der Waals surface area (Å²) >= 11 is 0. The summed E-state index contributed by atoms with van der Waals surface area (Å²) in [5, 5.41) is 0. The Kier molecular flexibility index (Phi) is 3.76. The first kappa shape index (κ1) is 8.02. The fourth-order valence-electron chi connectivity index (χ4n) is 1.04. The van der Waals surface area contributed by atoms with Crippen molar-refractivity contribution in [2.75, 3.05) is 19.8 Å². The summed E-state index contributed by atoms with van der Waals surface area (Å²) in [6.07, 6.45) is 3.87. The summed E-state index contributed by atoms with van der Waals surface area (Å²) in [7, 11) is 0. The van der Waals surface area contributed by atoms with Gasteiger partial charge in [-0.15, -0.1) is 0 Å². The van der Waals surface area contributed by atoms with Gasteiger partial charge in [-0.05, 0) is 12.8 Å². The van der Waals surface area contributed by atoms with E-state index in [1.165, 1.54) is 12.8 Å². The fraction of sp³-hybridized carbons (Fsp3) is 1.00. The smallest absolute Gasteiger partial charge is 0.0830 e. The second-order valence-electron chi connectivity index (χ2n) is 2.71. The molecular formula is C8H16O2. The molecule has 1 unspecified atom stereocenters. The highest BCUT2D eigenvalue weighted by molar-refractivity contribution is 4.62. The van der Waals surface area contributed by atoms with Crippen molar-refractivity contribution < 1.29 is 9.47 Å². The molecule has 1 heterocycles. The number of ether oxygens (including phenoxy) is 2. The van der Waals surface area contributed by atoms with E-state index in [2.05, 4.69) is 6.92 Å². The first-order chi connectivity index (χ1) is 4.93. The van der Waals surface area contributed by atoms with Gasteiger partial charge in [-0.2, -0.15) is 0 Å². The lowest BCUT2D eigenvalue weighted by Gasteiger charge is -2.07. The van der Waals surface area contributed by atoms with Gasteiger partial charge >= 0.3 is 0 Å². The zero-order valence-corrected chi connectivity index (χ0v) is 6.64. The largest absolute Gasteiger partial charge is 0.379 e. The summed E-state index contributed by atoms with van der Waals surface area (Å²) in [6, 6.07) is 0. The van der Waals surface area contributed by atoms with E-state index in [9.17, 15) is 0 Å². The summed E-state index contributed by atoms with van der Waals surface area (Å²) in [5.74, 6) is 0. The Balaban J connectivity index is 1.91. The quantitative estimate of drug-likeness (QED) is 0.558. The predicted octanol–water partition coefficient (Wildman–Crippen LogP) is 1.59. The predicted molar refractivity (Wildman–Crippen MR) is 40.1 cm³/mol. The third-order valence-corrected chi connectivity index (χ3v) is 1.74. The fourth-order valence-corrected chi connectivity index (χ4v) is 1.04. The molecule has 1 aliphatic heterocycles. The molecular weight excluding hydrogens is 128 g/mol. The van der Waals surface area contributed by atoms with Crippen molar-refractivity contribution >= 4 is 0 Å². The van der Waals surface area contributed by atoms with E-state index in [-0.39, 0.29) is 0 Å². The topological polar surface area (TPSA) is 18.5 Å². The summed E-state index contributed by atoms with van der Waals surface area (Å²) in [6.45, 7) is 4.78. The second-order valence-corrected chi connectivity index (χ2v) is 2.71. The molecule has 0 aliphatic carbocycles. The Morgan fingerprint density at radius 3 is 3.10 bits per heavy atom. The van der Waals surface area contributed by atoms with Crippen LogP contribution in [-0.4, -0.2) is 25.9 Å². The van der Waals surface area contributed by atoms with Crippen molar-refractivity contribution in [1.29, 1.82) is 0 Å². The molecule has 0 aromatic heterocycles. The second kappa shape index (κ2) is 4.69. The lowest BCUT2D eigenvalue weighted by atomic mass is 10.3. The minimum absolute atomic E-state index is 0.395. The molecule has 0 spiro atoms. The average molecular weight is 144 g/mol. The minimum atomic E-state index is 0.395. The van der Waals surface area contributed by atoms with Crippen LogP contribution in [0.2, 0.25) is 0 Å². The zero-order valence-electron chi connectivity index (χ0n) is 6.64. The van der Waals surface area contributed by atoms with Gasteiger partial charge in [0, 0.05) is 13.2 Å². The Morgan fingerprint density at radius 1 is 1.60 bits per heavy atom. The average Bonchev–Trinajstić information content (AvgIpc) is 2.41. The van der Waals surface area contributed by atoms with Crippen molar-refractivity contribution in [2.24, 2.45) is 0 Å². The highest BCUT2D eigenvalue weighted by atomic mass is 16.5. The molecule has 60 valence electrons. The van der Waals surface area contributed by atoms with Crippen LogP contribution in [-0.2, 0) is 9.47 Å². The maximum absolute atomic E-state index is 5.52. The van der Waals surface area contributed by atoms with Crippen LogP contribution in [0.25, 0.3) is 0 Å². The van der Waals surface area contributed by atoms with Gasteiger partial charge in [0.2, 0.25) is 0 Å². The summed E-state index contributed by atoms with van der Waals surface area (Å²) < 4.78 is 10.7. The van der Waals surface area contributed by atoms with Crippen LogP contribution < -0.4 is 0 Å². The van der Waals surface area contributed by atoms with Crippen LogP contribution in [0, 0.1) is 0 Å². The van der Waals surface area contributed by atoms with Gasteiger partial charge in [0.1, 0.15) is 0 Å². The molecule has 1 aliphatic rings. The standard InChI is InChI=1S/C8H16O2/c1-2-3-5-10-8-4-6-9-7-8/h8H,2-7H2,1H3.